The number of benzene rings is 6. The number of ether oxygens (including phenoxy) is 2. The van der Waals surface area contributed by atoms with Crippen LogP contribution in [0.25, 0.3) is 0 Å². The first-order valence-corrected chi connectivity index (χ1v) is 41.0. The Morgan fingerprint density at radius 2 is 0.779 bits per heavy atom. The molecule has 0 unspecified atom stereocenters. The Bertz CT molecular complexity index is 5500. The number of carbonyl (C=O) groups is 10. The predicted octanol–water partition coefficient (Wildman–Crippen LogP) is 7.79. The van der Waals surface area contributed by atoms with E-state index in [9.17, 15) is 87.5 Å². The van der Waals surface area contributed by atoms with Gasteiger partial charge in [-0.15, -0.1) is 6.42 Å². The van der Waals surface area contributed by atoms with Gasteiger partial charge in [-0.05, 0) is 138 Å². The molecule has 6 aromatic carbocycles. The summed E-state index contributed by atoms with van der Waals surface area (Å²) in [6.45, 7) is 10.9. The van der Waals surface area contributed by atoms with Crippen molar-refractivity contribution in [2.75, 3.05) is 130 Å². The number of halogens is 12. The minimum Gasteiger partial charge on any atom is -1.00 e. The number of hydrogen-bond donors (Lipinski definition) is 4. The van der Waals surface area contributed by atoms with Crippen molar-refractivity contribution in [3.63, 3.8) is 0 Å². The number of anilines is 2. The molecule has 3 aromatic heterocycles. The van der Waals surface area contributed by atoms with Crippen LogP contribution in [0.2, 0.25) is 15.6 Å². The molecule has 136 heavy (non-hydrogen) atoms. The molecule has 6 N–H and O–H groups in total. The van der Waals surface area contributed by atoms with Crippen LogP contribution in [-0.2, 0) is 82.5 Å². The van der Waals surface area contributed by atoms with Crippen molar-refractivity contribution in [2.24, 2.45) is 0 Å². The van der Waals surface area contributed by atoms with Gasteiger partial charge in [-0.1, -0.05) is 118 Å². The van der Waals surface area contributed by atoms with Gasteiger partial charge in [0.15, 0.2) is 0 Å². The Hall–Kier alpha value is -11.3. The van der Waals surface area contributed by atoms with E-state index in [2.05, 4.69) is 62.5 Å². The second kappa shape index (κ2) is 60.3. The molecule has 13 rings (SSSR count). The first-order valence-electron chi connectivity index (χ1n) is 39.8. The van der Waals surface area contributed by atoms with Gasteiger partial charge in [-0.2, -0.15) is 39.5 Å². The van der Waals surface area contributed by atoms with Crippen molar-refractivity contribution in [1.29, 1.82) is 0 Å². The number of aromatic carboxylic acids is 1. The third kappa shape index (κ3) is 40.2. The number of hydrogen-bond acceptors (Lipinski definition) is 25. The maximum atomic E-state index is 13.7. The summed E-state index contributed by atoms with van der Waals surface area (Å²) in [5.41, 5.74) is 14.3. The number of nitrogens with zero attached hydrogens (tertiary/aromatic N) is 13. The van der Waals surface area contributed by atoms with Crippen LogP contribution in [0.3, 0.4) is 0 Å². The SMILES string of the molecule is C.C.C.C#Cc1ccccc1CC(=O)OC.COC(=O)Cc1ccccc1C#Cc1nc(Cc2ccc(C(=O)N3CCN([B]C=O)CC3)cc2)ncc1C(F)(F)F.FC(F)(F)c1cnc(Cl)nc1Cl.Nc1ccc(C(=O)N2CCN([B]C=O)CC2)cc1.Nc1ccc(C(=O)O)cc1.O=C[B]N1CCN(C(=O)c2ccc(Cc3ncc(C(F)(F)F)c(Cl)n3)cc2)CC1.O=C[B]N1CCNCC1.[H-].[K+]. The van der Waals surface area contributed by atoms with E-state index in [4.69, 9.17) is 57.8 Å². The molecule has 9 aromatic rings. The molecule has 4 radical (unpaired) electrons. The van der Waals surface area contributed by atoms with Crippen LogP contribution >= 0.6 is 34.8 Å². The number of rotatable bonds is 20. The fourth-order valence-corrected chi connectivity index (χ4v) is 13.0. The Balaban J connectivity index is 0.000000577. The van der Waals surface area contributed by atoms with Gasteiger partial charge < -0.3 is 85.9 Å². The van der Waals surface area contributed by atoms with Gasteiger partial charge in [-0.3, -0.25) is 24.0 Å². The molecule has 46 heteroatoms. The summed E-state index contributed by atoms with van der Waals surface area (Å²) in [5, 5.41) is 9.99. The van der Waals surface area contributed by atoms with E-state index >= 15 is 0 Å². The monoisotopic (exact) mass is 1970 g/mol. The zero-order valence-electron chi connectivity index (χ0n) is 72.8. The van der Waals surface area contributed by atoms with E-state index in [0.29, 0.717) is 142 Å². The van der Waals surface area contributed by atoms with Gasteiger partial charge in [0.2, 0.25) is 5.28 Å². The Labute approximate surface area is 844 Å². The van der Waals surface area contributed by atoms with Crippen LogP contribution in [0, 0.1) is 24.2 Å². The maximum Gasteiger partial charge on any atom is 1.00 e. The molecule has 29 nitrogen and oxygen atoms in total. The minimum absolute atomic E-state index is 0. The third-order valence-electron chi connectivity index (χ3n) is 19.4. The summed E-state index contributed by atoms with van der Waals surface area (Å²) in [5.74, 6) is 6.09. The Morgan fingerprint density at radius 3 is 1.12 bits per heavy atom. The summed E-state index contributed by atoms with van der Waals surface area (Å²) < 4.78 is 124. The average molecular weight is 1970 g/mol. The van der Waals surface area contributed by atoms with Crippen LogP contribution in [0.15, 0.2) is 164 Å². The number of esters is 2. The Kier molecular flexibility index (Phi) is 52.7. The number of amides is 3. The number of nitrogens with one attached hydrogen (secondary N) is 1. The van der Waals surface area contributed by atoms with E-state index in [1.807, 2.05) is 37.4 Å². The first-order chi connectivity index (χ1) is 63.0. The van der Waals surface area contributed by atoms with Crippen LogP contribution < -0.4 is 68.2 Å². The van der Waals surface area contributed by atoms with Crippen LogP contribution in [0.4, 0.5) is 50.9 Å². The third-order valence-corrected chi connectivity index (χ3v) is 20.1. The number of carbonyl (C=O) groups excluding carboxylic acids is 9. The number of carboxylic acids is 1. The molecule has 4 aliphatic rings. The molecule has 4 saturated heterocycles. The fourth-order valence-electron chi connectivity index (χ4n) is 12.3. The smallest absolute Gasteiger partial charge is 1.00 e. The standard InChI is InChI=1S/C29H25BF3N4O4.C18H16BClF3N4O2.C12H15BN3O2.C11H10O2.C7H7NO2.C5H10BN2O.C5HCl2F3N2.3CH4.K.H/c1-41-27(39)17-23-5-3-2-4-21(23)10-11-25-24(29(31,32)33)18-34-26(35-25)16-20-6-8-22(9-7-20)28(40)36-12-14-37(15-13-36)30-19-38;20-16-14(18(21,22)23)10-24-15(25-16)9-12-1-3-13(4-2-12)17(29)26-5-7-27(8-6-26)19-11-28;14-11-3-1-10(2-4-11)12(18)15-5-7-16(8-6-15)13-9-17;1-3-9-6-4-5-7-10(9)8-11(12)13-2;8-6-3-1-5(2-4-6)7(9)10;9-5-6-8-3-1-7-2-4-8;6-3-2(5(8,9)10)1-11-4(7)12-3;;;;;/h2-9,18-19H,12-17H2,1H3;1-4,10-11H,5-9H2;1-4,9H,5-8,14H2;1,4-7H,8H2,2H3;1-4H,8H2,(H,9,10);5,7H,1-4H2;1H;3*1H4;;/q;;;;;;;;;;+1;-1. The molecule has 0 spiro atoms. The molecule has 7 heterocycles. The van der Waals surface area contributed by atoms with E-state index < -0.39 is 63.2 Å². The number of nitrogens with two attached hydrogens (primary N) is 2. The van der Waals surface area contributed by atoms with Crippen LogP contribution in [-0.4, -0.2) is 278 Å². The van der Waals surface area contributed by atoms with E-state index in [1.54, 1.807) is 137 Å². The molecule has 0 aliphatic carbocycles. The van der Waals surface area contributed by atoms with Crippen LogP contribution in [0.1, 0.15) is 133 Å². The van der Waals surface area contributed by atoms with Gasteiger partial charge in [0.25, 0.3) is 47.4 Å². The van der Waals surface area contributed by atoms with Crippen molar-refractivity contribution < 1.29 is 155 Å². The quantitative estimate of drug-likeness (QED) is 0.00826. The number of carboxylic acid groups (broad SMARTS) is 1. The van der Waals surface area contributed by atoms with E-state index in [0.717, 1.165) is 67.6 Å². The zero-order valence-corrected chi connectivity index (χ0v) is 77.2. The van der Waals surface area contributed by atoms with Gasteiger partial charge in [0.1, 0.15) is 44.3 Å². The van der Waals surface area contributed by atoms with E-state index in [1.165, 1.54) is 48.6 Å². The molecule has 712 valence electrons. The van der Waals surface area contributed by atoms with Crippen LogP contribution in [0.5, 0.6) is 0 Å². The van der Waals surface area contributed by atoms with Crippen molar-refractivity contribution in [2.45, 2.75) is 66.5 Å². The number of alkyl halides is 9. The normalized spacial score (nSPS) is 13.5. The molecular weight excluding hydrogens is 1870 g/mol. The largest absolute Gasteiger partial charge is 1.00 e. The van der Waals surface area contributed by atoms with Gasteiger partial charge >= 0.3 is 87.8 Å². The summed E-state index contributed by atoms with van der Waals surface area (Å²) in [6.07, 6.45) is -3.13. The molecule has 0 bridgehead atoms. The average Bonchev–Trinajstić information content (AvgIpc) is 0.832. The summed E-state index contributed by atoms with van der Waals surface area (Å²) >= 11 is 16.0. The Morgan fingerprint density at radius 1 is 0.456 bits per heavy atom. The molecule has 4 fully saturated rings. The second-order valence-electron chi connectivity index (χ2n) is 28.3. The predicted molar refractivity (Wildman–Crippen MR) is 500 cm³/mol. The van der Waals surface area contributed by atoms with Crippen molar-refractivity contribution >= 4 is 136 Å². The van der Waals surface area contributed by atoms with Crippen molar-refractivity contribution in [1.82, 2.24) is 69.2 Å². The zero-order chi connectivity index (χ0) is 96.5. The van der Waals surface area contributed by atoms with Gasteiger partial charge in [0, 0.05) is 162 Å². The molecule has 4 aliphatic heterocycles. The first kappa shape index (κ1) is 119. The second-order valence-corrected chi connectivity index (χ2v) is 29.4. The van der Waals surface area contributed by atoms with Gasteiger partial charge in [-0.25, -0.2) is 34.7 Å². The molecule has 0 saturated carbocycles. The minimum atomic E-state index is -4.72. The summed E-state index contributed by atoms with van der Waals surface area (Å²) in [4.78, 5) is 147. The van der Waals surface area contributed by atoms with Gasteiger partial charge in [0.05, 0.1) is 57.4 Å². The topological polar surface area (TPSA) is 373 Å². The summed E-state index contributed by atoms with van der Waals surface area (Å²) in [7, 11) is 8.65. The number of methoxy groups -OCH3 is 2. The summed E-state index contributed by atoms with van der Waals surface area (Å²) in [6, 6.07) is 40.4. The number of terminal acetylenes is 1. The fraction of sp³-hybridized carbons (Fsp3) is 0.311. The molecule has 3 amide bonds. The number of aromatic nitrogens is 6. The van der Waals surface area contributed by atoms with Crippen molar-refractivity contribution in [3.05, 3.63) is 269 Å². The maximum absolute atomic E-state index is 13.7. The molecule has 0 atom stereocenters. The van der Waals surface area contributed by atoms with E-state index in [-0.39, 0.29) is 147 Å². The number of piperazine rings is 4. The molecular formula is C90H97B4Cl3F9KN16O13. The van der Waals surface area contributed by atoms with Crippen molar-refractivity contribution in [3.8, 4) is 24.2 Å². The number of nitrogen functional groups attached to an aromatic ring is 2.